The Morgan fingerprint density at radius 1 is 1.15 bits per heavy atom. The minimum absolute atomic E-state index is 0.0456. The van der Waals surface area contributed by atoms with E-state index in [2.05, 4.69) is 0 Å². The average molecular weight is 467 g/mol. The summed E-state index contributed by atoms with van der Waals surface area (Å²) in [4.78, 5) is 41.4. The third-order valence-corrected chi connectivity index (χ3v) is 5.77. The fourth-order valence-electron chi connectivity index (χ4n) is 3.96. The first-order chi connectivity index (χ1) is 16.2. The number of nitrogen functional groups attached to an aromatic ring is 1. The smallest absolute Gasteiger partial charge is 0.326 e. The normalized spacial score (nSPS) is 12.9. The van der Waals surface area contributed by atoms with Crippen LogP contribution in [0.1, 0.15) is 46.8 Å². The maximum absolute atomic E-state index is 13.3. The predicted octanol–water partition coefficient (Wildman–Crippen LogP) is 2.36. The number of aromatic hydroxyl groups is 1. The zero-order valence-electron chi connectivity index (χ0n) is 19.5. The average Bonchev–Trinajstić information content (AvgIpc) is 3.33. The van der Waals surface area contributed by atoms with Crippen LogP contribution < -0.4 is 10.6 Å². The molecule has 0 bridgehead atoms. The van der Waals surface area contributed by atoms with Crippen LogP contribution >= 0.6 is 0 Å². The van der Waals surface area contributed by atoms with Crippen LogP contribution in [0.15, 0.2) is 36.4 Å². The Morgan fingerprint density at radius 3 is 2.47 bits per heavy atom. The Morgan fingerprint density at radius 2 is 1.85 bits per heavy atom. The van der Waals surface area contributed by atoms with Crippen LogP contribution in [-0.4, -0.2) is 59.9 Å². The fourth-order valence-corrected chi connectivity index (χ4v) is 3.96. The fraction of sp³-hybridized carbons (Fsp3) is 0.360. The lowest BCUT2D eigenvalue weighted by atomic mass is 10.0. The van der Waals surface area contributed by atoms with Gasteiger partial charge in [-0.1, -0.05) is 0 Å². The van der Waals surface area contributed by atoms with Crippen molar-refractivity contribution >= 4 is 29.3 Å². The van der Waals surface area contributed by atoms with Crippen molar-refractivity contribution in [1.29, 1.82) is 5.41 Å². The minimum atomic E-state index is -0.576. The number of nitrogens with one attached hydrogen (secondary N) is 1. The van der Waals surface area contributed by atoms with E-state index in [4.69, 9.17) is 15.9 Å². The molecule has 9 heteroatoms. The van der Waals surface area contributed by atoms with E-state index in [9.17, 15) is 19.5 Å². The third-order valence-electron chi connectivity index (χ3n) is 5.77. The number of amides is 2. The molecule has 1 aliphatic heterocycles. The van der Waals surface area contributed by atoms with Crippen molar-refractivity contribution in [2.75, 3.05) is 31.1 Å². The van der Waals surface area contributed by atoms with Crippen molar-refractivity contribution < 1.29 is 24.2 Å². The van der Waals surface area contributed by atoms with Crippen molar-refractivity contribution in [3.8, 4) is 5.75 Å². The first-order valence-corrected chi connectivity index (χ1v) is 11.2. The highest BCUT2D eigenvalue weighted by Gasteiger charge is 2.25. The first kappa shape index (κ1) is 24.8. The lowest BCUT2D eigenvalue weighted by Gasteiger charge is -2.24. The summed E-state index contributed by atoms with van der Waals surface area (Å²) in [5.41, 5.74) is 7.87. The summed E-state index contributed by atoms with van der Waals surface area (Å²) in [5.74, 6) is -1.38. The number of amidine groups is 1. The van der Waals surface area contributed by atoms with E-state index in [0.717, 1.165) is 25.9 Å². The van der Waals surface area contributed by atoms with Crippen LogP contribution in [0.25, 0.3) is 0 Å². The van der Waals surface area contributed by atoms with E-state index in [0.29, 0.717) is 22.4 Å². The largest absolute Gasteiger partial charge is 0.508 e. The van der Waals surface area contributed by atoms with Crippen molar-refractivity contribution in [2.24, 2.45) is 5.73 Å². The molecule has 3 rings (SSSR count). The van der Waals surface area contributed by atoms with Crippen molar-refractivity contribution in [3.63, 3.8) is 0 Å². The molecule has 0 saturated carbocycles. The number of nitrogens with two attached hydrogens (primary N) is 1. The minimum Gasteiger partial charge on any atom is -0.508 e. The number of hydrogen-bond donors (Lipinski definition) is 3. The van der Waals surface area contributed by atoms with Crippen LogP contribution in [0.3, 0.4) is 0 Å². The number of carbonyl (C=O) groups is 3. The summed E-state index contributed by atoms with van der Waals surface area (Å²) in [5, 5.41) is 17.8. The van der Waals surface area contributed by atoms with Gasteiger partial charge in [-0.2, -0.15) is 0 Å². The summed E-state index contributed by atoms with van der Waals surface area (Å²) in [7, 11) is 0. The number of carbonyl (C=O) groups excluding carboxylic acids is 3. The van der Waals surface area contributed by atoms with E-state index in [-0.39, 0.29) is 42.6 Å². The van der Waals surface area contributed by atoms with Gasteiger partial charge in [-0.25, -0.2) is 0 Å². The second kappa shape index (κ2) is 10.8. The van der Waals surface area contributed by atoms with Gasteiger partial charge in [-0.3, -0.25) is 19.8 Å². The van der Waals surface area contributed by atoms with Gasteiger partial charge in [0, 0.05) is 35.5 Å². The van der Waals surface area contributed by atoms with Crippen LogP contribution in [0, 0.1) is 12.3 Å². The second-order valence-corrected chi connectivity index (χ2v) is 8.22. The zero-order valence-corrected chi connectivity index (χ0v) is 19.5. The number of aryl methyl sites for hydroxylation is 1. The van der Waals surface area contributed by atoms with Gasteiger partial charge in [-0.05, 0) is 68.7 Å². The molecule has 1 heterocycles. The molecular weight excluding hydrogens is 436 g/mol. The molecule has 0 atom stereocenters. The van der Waals surface area contributed by atoms with Crippen LogP contribution in [-0.2, 0) is 20.7 Å². The van der Waals surface area contributed by atoms with E-state index >= 15 is 0 Å². The van der Waals surface area contributed by atoms with E-state index in [1.54, 1.807) is 32.0 Å². The number of benzene rings is 2. The molecule has 0 aromatic heterocycles. The number of anilines is 1. The third kappa shape index (κ3) is 5.72. The van der Waals surface area contributed by atoms with E-state index in [1.165, 1.54) is 23.1 Å². The summed E-state index contributed by atoms with van der Waals surface area (Å²) in [6.07, 6.45) is 1.75. The molecule has 1 fully saturated rings. The van der Waals surface area contributed by atoms with Crippen LogP contribution in [0.4, 0.5) is 5.69 Å². The van der Waals surface area contributed by atoms with Gasteiger partial charge < -0.3 is 25.4 Å². The number of rotatable bonds is 8. The van der Waals surface area contributed by atoms with E-state index < -0.39 is 11.9 Å². The topological polar surface area (TPSA) is 137 Å². The van der Waals surface area contributed by atoms with Crippen LogP contribution in [0.5, 0.6) is 5.75 Å². The van der Waals surface area contributed by atoms with Gasteiger partial charge in [-0.15, -0.1) is 0 Å². The molecule has 0 radical (unpaired) electrons. The molecule has 2 aromatic rings. The van der Waals surface area contributed by atoms with Gasteiger partial charge in [0.25, 0.3) is 5.91 Å². The van der Waals surface area contributed by atoms with Crippen molar-refractivity contribution in [2.45, 2.75) is 33.1 Å². The number of phenols is 1. The highest BCUT2D eigenvalue weighted by Crippen LogP contribution is 2.25. The van der Waals surface area contributed by atoms with Crippen LogP contribution in [0.2, 0.25) is 0 Å². The Balaban J connectivity index is 1.90. The Bertz CT molecular complexity index is 1110. The van der Waals surface area contributed by atoms with Gasteiger partial charge in [0.2, 0.25) is 5.91 Å². The predicted molar refractivity (Wildman–Crippen MR) is 128 cm³/mol. The van der Waals surface area contributed by atoms with Gasteiger partial charge in [0.1, 0.15) is 18.1 Å². The number of likely N-dealkylation sites (tertiary alicyclic amines) is 1. The molecule has 0 aliphatic carbocycles. The van der Waals surface area contributed by atoms with Crippen molar-refractivity contribution in [1.82, 2.24) is 4.90 Å². The molecule has 2 aromatic carbocycles. The molecule has 0 spiro atoms. The Labute approximate surface area is 198 Å². The Kier molecular flexibility index (Phi) is 7.88. The summed E-state index contributed by atoms with van der Waals surface area (Å²) < 4.78 is 5.04. The molecular formula is C25H30N4O5. The second-order valence-electron chi connectivity index (χ2n) is 8.22. The maximum Gasteiger partial charge on any atom is 0.326 e. The van der Waals surface area contributed by atoms with Gasteiger partial charge in [0.15, 0.2) is 0 Å². The SMILES string of the molecule is CCOC(=O)CN(C(=O)Cc1cc(C(=N)N)ccc1O)c1ccc(C(=O)N2CCCC2)c(C)c1. The molecule has 9 nitrogen and oxygen atoms in total. The Hall–Kier alpha value is -3.88. The number of phenolic OH excluding ortho intramolecular Hbond substituents is 1. The standard InChI is InChI=1S/C25H30N4O5/c1-3-34-23(32)15-29(22(31)14-18-13-17(24(26)27)6-9-21(18)30)19-7-8-20(16(2)12-19)25(33)28-10-4-5-11-28/h6-9,12-13,30H,3-5,10-11,14-15H2,1-2H3,(H3,26,27). The summed E-state index contributed by atoms with van der Waals surface area (Å²) >= 11 is 0. The number of ether oxygens (including phenoxy) is 1. The number of hydrogen-bond acceptors (Lipinski definition) is 6. The zero-order chi connectivity index (χ0) is 24.8. The molecule has 2 amide bonds. The van der Waals surface area contributed by atoms with Gasteiger partial charge in [0.05, 0.1) is 13.0 Å². The molecule has 1 saturated heterocycles. The summed E-state index contributed by atoms with van der Waals surface area (Å²) in [6.45, 7) is 4.79. The first-order valence-electron chi connectivity index (χ1n) is 11.2. The number of nitrogens with zero attached hydrogens (tertiary/aromatic N) is 2. The lowest BCUT2D eigenvalue weighted by molar-refractivity contribution is -0.142. The molecule has 1 aliphatic rings. The van der Waals surface area contributed by atoms with Gasteiger partial charge >= 0.3 is 5.97 Å². The lowest BCUT2D eigenvalue weighted by Crippen LogP contribution is -2.38. The molecule has 4 N–H and O–H groups in total. The molecule has 34 heavy (non-hydrogen) atoms. The van der Waals surface area contributed by atoms with E-state index in [1.807, 2.05) is 4.90 Å². The highest BCUT2D eigenvalue weighted by atomic mass is 16.5. The monoisotopic (exact) mass is 466 g/mol. The highest BCUT2D eigenvalue weighted by molar-refractivity contribution is 6.01. The van der Waals surface area contributed by atoms with Crippen molar-refractivity contribution in [3.05, 3.63) is 58.7 Å². The number of esters is 1. The maximum atomic E-state index is 13.3. The summed E-state index contributed by atoms with van der Waals surface area (Å²) in [6, 6.07) is 9.34. The molecule has 180 valence electrons. The molecule has 0 unspecified atom stereocenters. The quantitative estimate of drug-likeness (QED) is 0.310.